The molecule has 1 aliphatic carbocycles. The molecule has 0 bridgehead atoms. The second-order valence-corrected chi connectivity index (χ2v) is 5.96. The van der Waals surface area contributed by atoms with Crippen molar-refractivity contribution in [2.45, 2.75) is 45.6 Å². The Morgan fingerprint density at radius 1 is 1.28 bits per heavy atom. The highest BCUT2D eigenvalue weighted by atomic mass is 16.3. The maximum Gasteiger partial charge on any atom is 0.0499 e. The number of aliphatic hydroxyl groups excluding tert-OH is 1. The molecule has 0 heterocycles. The van der Waals surface area contributed by atoms with E-state index in [0.717, 1.165) is 19.4 Å². The van der Waals surface area contributed by atoms with Crippen molar-refractivity contribution in [3.8, 4) is 0 Å². The predicted molar refractivity (Wildman–Crippen MR) is 75.7 cm³/mol. The molecule has 2 nitrogen and oxygen atoms in total. The number of hydrogen-bond acceptors (Lipinski definition) is 2. The molecule has 2 heteroatoms. The highest BCUT2D eigenvalue weighted by Crippen LogP contribution is 2.44. The Hall–Kier alpha value is -0.860. The second-order valence-electron chi connectivity index (χ2n) is 5.96. The largest absolute Gasteiger partial charge is 0.396 e. The first-order valence-electron chi connectivity index (χ1n) is 7.03. The van der Waals surface area contributed by atoms with Crippen LogP contribution in [0, 0.1) is 12.3 Å². The fraction of sp³-hybridized carbons (Fsp3) is 0.625. The number of nitrogens with one attached hydrogen (secondary N) is 1. The molecule has 1 saturated carbocycles. The molecule has 0 spiro atoms. The van der Waals surface area contributed by atoms with E-state index < -0.39 is 0 Å². The molecule has 2 N–H and O–H groups in total. The molecule has 1 aliphatic rings. The summed E-state index contributed by atoms with van der Waals surface area (Å²) in [6.07, 6.45) is 4.65. The first kappa shape index (κ1) is 13.6. The van der Waals surface area contributed by atoms with E-state index in [1.54, 1.807) is 0 Å². The van der Waals surface area contributed by atoms with Gasteiger partial charge < -0.3 is 10.4 Å². The third kappa shape index (κ3) is 3.82. The average molecular weight is 247 g/mol. The Morgan fingerprint density at radius 3 is 2.50 bits per heavy atom. The Kier molecular flexibility index (Phi) is 4.41. The van der Waals surface area contributed by atoms with Gasteiger partial charge >= 0.3 is 0 Å². The third-order valence-corrected chi connectivity index (χ3v) is 4.10. The lowest BCUT2D eigenvalue weighted by atomic mass is 10.0. The lowest BCUT2D eigenvalue weighted by molar-refractivity contribution is 0.204. The van der Waals surface area contributed by atoms with Gasteiger partial charge in [-0.25, -0.2) is 0 Å². The van der Waals surface area contributed by atoms with Gasteiger partial charge in [-0.3, -0.25) is 0 Å². The summed E-state index contributed by atoms with van der Waals surface area (Å²) in [5.41, 5.74) is 2.96. The molecule has 1 aromatic rings. The second kappa shape index (κ2) is 5.85. The maximum absolute atomic E-state index is 9.26. The normalized spacial score (nSPS) is 18.6. The van der Waals surface area contributed by atoms with E-state index in [9.17, 15) is 5.11 Å². The Bertz CT molecular complexity index is 367. The van der Waals surface area contributed by atoms with E-state index in [0.29, 0.717) is 12.6 Å². The molecule has 1 fully saturated rings. The molecule has 0 aromatic heterocycles. The van der Waals surface area contributed by atoms with Gasteiger partial charge in [0.2, 0.25) is 0 Å². The van der Waals surface area contributed by atoms with Crippen molar-refractivity contribution >= 4 is 0 Å². The summed E-state index contributed by atoms with van der Waals surface area (Å²) < 4.78 is 0. The molecule has 1 aromatic carbocycles. The first-order chi connectivity index (χ1) is 8.63. The van der Waals surface area contributed by atoms with Gasteiger partial charge in [-0.05, 0) is 45.1 Å². The number of benzene rings is 1. The number of hydrogen-bond donors (Lipinski definition) is 2. The molecule has 1 atom stereocenters. The molecule has 100 valence electrons. The summed E-state index contributed by atoms with van der Waals surface area (Å²) in [6, 6.07) is 9.32. The van der Waals surface area contributed by atoms with Crippen LogP contribution >= 0.6 is 0 Å². The van der Waals surface area contributed by atoms with Gasteiger partial charge in [-0.15, -0.1) is 0 Å². The maximum atomic E-state index is 9.26. The molecule has 0 radical (unpaired) electrons. The van der Waals surface area contributed by atoms with Crippen LogP contribution in [0.3, 0.4) is 0 Å². The van der Waals surface area contributed by atoms with Crippen molar-refractivity contribution in [1.29, 1.82) is 0 Å². The average Bonchev–Trinajstić information content (AvgIpc) is 3.16. The van der Waals surface area contributed by atoms with E-state index >= 15 is 0 Å². The fourth-order valence-corrected chi connectivity index (χ4v) is 2.20. The van der Waals surface area contributed by atoms with Gasteiger partial charge in [0.15, 0.2) is 0 Å². The van der Waals surface area contributed by atoms with E-state index in [1.807, 2.05) is 0 Å². The van der Waals surface area contributed by atoms with Crippen LogP contribution in [0.1, 0.15) is 37.3 Å². The summed E-state index contributed by atoms with van der Waals surface area (Å²) in [5.74, 6) is 0. The summed E-state index contributed by atoms with van der Waals surface area (Å²) in [7, 11) is 0. The van der Waals surface area contributed by atoms with Gasteiger partial charge in [-0.1, -0.05) is 29.8 Å². The summed E-state index contributed by atoms with van der Waals surface area (Å²) in [5, 5.41) is 12.8. The zero-order valence-electron chi connectivity index (χ0n) is 11.6. The molecule has 0 saturated heterocycles. The molecule has 18 heavy (non-hydrogen) atoms. The topological polar surface area (TPSA) is 32.3 Å². The lowest BCUT2D eigenvalue weighted by Gasteiger charge is -2.18. The minimum atomic E-state index is 0.220. The molecular formula is C16H25NO. The predicted octanol–water partition coefficient (Wildman–Crippen LogP) is 2.68. The van der Waals surface area contributed by atoms with Crippen LogP contribution in [0.15, 0.2) is 24.3 Å². The Balaban J connectivity index is 1.68. The van der Waals surface area contributed by atoms with Crippen molar-refractivity contribution in [3.63, 3.8) is 0 Å². The van der Waals surface area contributed by atoms with E-state index in [1.165, 1.54) is 24.0 Å². The quantitative estimate of drug-likeness (QED) is 0.776. The van der Waals surface area contributed by atoms with Crippen molar-refractivity contribution in [2.75, 3.05) is 13.2 Å². The van der Waals surface area contributed by atoms with Gasteiger partial charge in [0.1, 0.15) is 0 Å². The first-order valence-corrected chi connectivity index (χ1v) is 7.03. The summed E-state index contributed by atoms with van der Waals surface area (Å²) in [6.45, 7) is 5.67. The van der Waals surface area contributed by atoms with Gasteiger partial charge in [0.05, 0.1) is 0 Å². The van der Waals surface area contributed by atoms with Crippen LogP contribution in [-0.2, 0) is 6.42 Å². The summed E-state index contributed by atoms with van der Waals surface area (Å²) in [4.78, 5) is 0. The van der Waals surface area contributed by atoms with Gasteiger partial charge in [0, 0.05) is 24.6 Å². The molecular weight excluding hydrogens is 222 g/mol. The highest BCUT2D eigenvalue weighted by Gasteiger charge is 2.41. The number of rotatable bonds is 7. The van der Waals surface area contributed by atoms with Crippen LogP contribution in [-0.4, -0.2) is 24.3 Å². The monoisotopic (exact) mass is 247 g/mol. The number of aliphatic hydroxyl groups is 1. The Labute approximate surface area is 110 Å². The van der Waals surface area contributed by atoms with Crippen LogP contribution in [0.25, 0.3) is 0 Å². The van der Waals surface area contributed by atoms with Crippen molar-refractivity contribution in [3.05, 3.63) is 35.4 Å². The van der Waals surface area contributed by atoms with Crippen LogP contribution in [0.4, 0.5) is 0 Å². The number of aryl methyl sites for hydroxylation is 2. The zero-order valence-corrected chi connectivity index (χ0v) is 11.6. The highest BCUT2D eigenvalue weighted by molar-refractivity contribution is 5.21. The van der Waals surface area contributed by atoms with Crippen molar-refractivity contribution in [1.82, 2.24) is 5.32 Å². The molecule has 2 rings (SSSR count). The smallest absolute Gasteiger partial charge is 0.0499 e. The van der Waals surface area contributed by atoms with Gasteiger partial charge in [-0.2, -0.15) is 0 Å². The van der Waals surface area contributed by atoms with Crippen LogP contribution < -0.4 is 5.32 Å². The standard InChI is InChI=1S/C16H25NO/c1-13-3-6-15(7-4-13)8-5-14(2)17-11-16(12-18)9-10-16/h3-4,6-7,14,17-18H,5,8-12H2,1-2H3. The molecule has 1 unspecified atom stereocenters. The third-order valence-electron chi connectivity index (χ3n) is 4.10. The lowest BCUT2D eigenvalue weighted by Crippen LogP contribution is -2.33. The van der Waals surface area contributed by atoms with Crippen LogP contribution in [0.2, 0.25) is 0 Å². The van der Waals surface area contributed by atoms with E-state index in [2.05, 4.69) is 43.4 Å². The molecule has 0 amide bonds. The van der Waals surface area contributed by atoms with Gasteiger partial charge in [0.25, 0.3) is 0 Å². The minimum absolute atomic E-state index is 0.220. The molecule has 0 aliphatic heterocycles. The van der Waals surface area contributed by atoms with E-state index in [4.69, 9.17) is 0 Å². The fourth-order valence-electron chi connectivity index (χ4n) is 2.20. The van der Waals surface area contributed by atoms with E-state index in [-0.39, 0.29) is 5.41 Å². The zero-order chi connectivity index (χ0) is 13.0. The van der Waals surface area contributed by atoms with Crippen LogP contribution in [0.5, 0.6) is 0 Å². The van der Waals surface area contributed by atoms with Crippen molar-refractivity contribution in [2.24, 2.45) is 5.41 Å². The SMILES string of the molecule is Cc1ccc(CCC(C)NCC2(CO)CC2)cc1. The Morgan fingerprint density at radius 2 is 1.94 bits per heavy atom. The summed E-state index contributed by atoms with van der Waals surface area (Å²) >= 11 is 0. The van der Waals surface area contributed by atoms with Crippen molar-refractivity contribution < 1.29 is 5.11 Å². The minimum Gasteiger partial charge on any atom is -0.396 e.